The van der Waals surface area contributed by atoms with Gasteiger partial charge in [-0.3, -0.25) is 0 Å². The maximum absolute atomic E-state index is 11.5. The van der Waals surface area contributed by atoms with Crippen LogP contribution in [0.3, 0.4) is 0 Å². The van der Waals surface area contributed by atoms with Gasteiger partial charge in [-0.25, -0.2) is 14.6 Å². The van der Waals surface area contributed by atoms with Gasteiger partial charge in [0, 0.05) is 5.56 Å². The molecule has 15 heavy (non-hydrogen) atoms. The fraction of sp³-hybridized carbons (Fsp3) is 0.444. The zero-order valence-electron chi connectivity index (χ0n) is 8.61. The minimum atomic E-state index is -0.425. The predicted molar refractivity (Wildman–Crippen MR) is 56.5 cm³/mol. The molecule has 6 heteroatoms. The third-order valence-corrected chi connectivity index (χ3v) is 2.57. The summed E-state index contributed by atoms with van der Waals surface area (Å²) in [6.07, 6.45) is 0. The molecule has 0 aliphatic carbocycles. The van der Waals surface area contributed by atoms with Gasteiger partial charge in [-0.1, -0.05) is 0 Å². The maximum Gasteiger partial charge on any atom is 0.341 e. The fourth-order valence-corrected chi connectivity index (χ4v) is 1.86. The number of thiophene rings is 1. The Hall–Kier alpha value is -1.11. The van der Waals surface area contributed by atoms with Crippen molar-refractivity contribution < 1.29 is 19.3 Å². The summed E-state index contributed by atoms with van der Waals surface area (Å²) in [7, 11) is 1.40. The number of carbonyl (C=O) groups excluding carboxylic acids is 1. The summed E-state index contributed by atoms with van der Waals surface area (Å²) in [5.74, 6) is -0.425. The lowest BCUT2D eigenvalue weighted by molar-refractivity contribution is -0.282. The summed E-state index contributed by atoms with van der Waals surface area (Å²) in [6, 6.07) is 0. The zero-order valence-corrected chi connectivity index (χ0v) is 9.43. The Kier molecular flexibility index (Phi) is 4.54. The number of nitrogens with two attached hydrogens (primary N) is 1. The molecule has 1 aromatic heterocycles. The van der Waals surface area contributed by atoms with E-state index < -0.39 is 5.97 Å². The van der Waals surface area contributed by atoms with Gasteiger partial charge in [0.25, 0.3) is 0 Å². The molecule has 1 heterocycles. The van der Waals surface area contributed by atoms with Crippen LogP contribution in [-0.2, 0) is 21.1 Å². The standard InChI is InChI=1S/C9H13NO4S/c1-3-13-9(11)7-6(4-14-12-2)5-15-8(7)10/h5H,3-4,10H2,1-2H3. The second-order valence-electron chi connectivity index (χ2n) is 2.65. The summed E-state index contributed by atoms with van der Waals surface area (Å²) >= 11 is 1.28. The van der Waals surface area contributed by atoms with E-state index in [1.165, 1.54) is 18.4 Å². The molecule has 0 saturated heterocycles. The van der Waals surface area contributed by atoms with Crippen molar-refractivity contribution in [3.8, 4) is 0 Å². The Morgan fingerprint density at radius 2 is 2.33 bits per heavy atom. The molecule has 0 bridgehead atoms. The average Bonchev–Trinajstić information content (AvgIpc) is 2.57. The summed E-state index contributed by atoms with van der Waals surface area (Å²) in [6.45, 7) is 2.24. The number of esters is 1. The van der Waals surface area contributed by atoms with E-state index in [2.05, 4.69) is 4.89 Å². The Bertz CT molecular complexity index is 337. The van der Waals surface area contributed by atoms with Gasteiger partial charge in [-0.15, -0.1) is 11.3 Å². The average molecular weight is 231 g/mol. The van der Waals surface area contributed by atoms with Crippen LogP contribution in [-0.4, -0.2) is 19.7 Å². The highest BCUT2D eigenvalue weighted by molar-refractivity contribution is 7.14. The topological polar surface area (TPSA) is 70.8 Å². The summed E-state index contributed by atoms with van der Waals surface area (Å²) in [5, 5.41) is 2.18. The molecule has 0 radical (unpaired) electrons. The normalized spacial score (nSPS) is 10.3. The number of carbonyl (C=O) groups is 1. The molecular weight excluding hydrogens is 218 g/mol. The first-order valence-electron chi connectivity index (χ1n) is 4.39. The van der Waals surface area contributed by atoms with Crippen LogP contribution >= 0.6 is 11.3 Å². The molecular formula is C9H13NO4S. The van der Waals surface area contributed by atoms with Crippen molar-refractivity contribution in [2.45, 2.75) is 13.5 Å². The van der Waals surface area contributed by atoms with Crippen LogP contribution in [0.15, 0.2) is 5.38 Å². The molecule has 84 valence electrons. The summed E-state index contributed by atoms with van der Waals surface area (Å²) < 4.78 is 4.88. The number of anilines is 1. The molecule has 0 unspecified atom stereocenters. The molecule has 2 N–H and O–H groups in total. The van der Waals surface area contributed by atoms with Crippen molar-refractivity contribution in [1.82, 2.24) is 0 Å². The quantitative estimate of drug-likeness (QED) is 0.473. The number of ether oxygens (including phenoxy) is 1. The first-order valence-corrected chi connectivity index (χ1v) is 5.27. The number of nitrogen functional groups attached to an aromatic ring is 1. The lowest BCUT2D eigenvalue weighted by atomic mass is 10.2. The molecule has 0 spiro atoms. The fourth-order valence-electron chi connectivity index (χ4n) is 1.07. The lowest BCUT2D eigenvalue weighted by Crippen LogP contribution is -2.09. The van der Waals surface area contributed by atoms with Crippen molar-refractivity contribution in [2.75, 3.05) is 19.5 Å². The Morgan fingerprint density at radius 1 is 1.60 bits per heavy atom. The van der Waals surface area contributed by atoms with E-state index in [4.69, 9.17) is 15.4 Å². The molecule has 0 aromatic carbocycles. The molecule has 5 nitrogen and oxygen atoms in total. The van der Waals surface area contributed by atoms with Gasteiger partial charge in [-0.2, -0.15) is 0 Å². The van der Waals surface area contributed by atoms with Gasteiger partial charge in [0.15, 0.2) is 0 Å². The minimum Gasteiger partial charge on any atom is -0.462 e. The first kappa shape index (κ1) is 12.0. The van der Waals surface area contributed by atoms with Crippen LogP contribution in [0.1, 0.15) is 22.8 Å². The SMILES string of the molecule is CCOC(=O)c1c(COOC)csc1N. The van der Waals surface area contributed by atoms with Gasteiger partial charge in [0.1, 0.15) is 11.6 Å². The zero-order chi connectivity index (χ0) is 11.3. The highest BCUT2D eigenvalue weighted by Gasteiger charge is 2.18. The smallest absolute Gasteiger partial charge is 0.341 e. The molecule has 0 aliphatic rings. The maximum atomic E-state index is 11.5. The van der Waals surface area contributed by atoms with Crippen LogP contribution in [0, 0.1) is 0 Å². The van der Waals surface area contributed by atoms with Crippen LogP contribution < -0.4 is 5.73 Å². The first-order chi connectivity index (χ1) is 7.20. The second kappa shape index (κ2) is 5.69. The van der Waals surface area contributed by atoms with Crippen molar-refractivity contribution in [3.63, 3.8) is 0 Å². The number of hydrogen-bond acceptors (Lipinski definition) is 6. The van der Waals surface area contributed by atoms with E-state index in [1.807, 2.05) is 0 Å². The molecule has 0 aliphatic heterocycles. The predicted octanol–water partition coefficient (Wildman–Crippen LogP) is 1.59. The number of rotatable bonds is 5. The van der Waals surface area contributed by atoms with Crippen molar-refractivity contribution >= 4 is 22.3 Å². The van der Waals surface area contributed by atoms with Gasteiger partial charge < -0.3 is 10.5 Å². The van der Waals surface area contributed by atoms with Gasteiger partial charge in [0.05, 0.1) is 19.3 Å². The molecule has 0 saturated carbocycles. The van der Waals surface area contributed by atoms with E-state index in [0.717, 1.165) is 0 Å². The largest absolute Gasteiger partial charge is 0.462 e. The monoisotopic (exact) mass is 231 g/mol. The lowest BCUT2D eigenvalue weighted by Gasteiger charge is -2.04. The van der Waals surface area contributed by atoms with Crippen LogP contribution in [0.4, 0.5) is 5.00 Å². The number of hydrogen-bond donors (Lipinski definition) is 1. The molecule has 1 rings (SSSR count). The summed E-state index contributed by atoms with van der Waals surface area (Å²) in [5.41, 5.74) is 6.72. The minimum absolute atomic E-state index is 0.179. The van der Waals surface area contributed by atoms with Gasteiger partial charge in [-0.05, 0) is 12.3 Å². The van der Waals surface area contributed by atoms with E-state index >= 15 is 0 Å². The van der Waals surface area contributed by atoms with Gasteiger partial charge >= 0.3 is 5.97 Å². The van der Waals surface area contributed by atoms with Crippen molar-refractivity contribution in [1.29, 1.82) is 0 Å². The Morgan fingerprint density at radius 3 is 2.93 bits per heavy atom. The molecule has 0 amide bonds. The van der Waals surface area contributed by atoms with Crippen LogP contribution in [0.2, 0.25) is 0 Å². The Balaban J connectivity index is 2.83. The van der Waals surface area contributed by atoms with E-state index in [-0.39, 0.29) is 6.61 Å². The second-order valence-corrected chi connectivity index (χ2v) is 3.56. The van der Waals surface area contributed by atoms with Crippen molar-refractivity contribution in [3.05, 3.63) is 16.5 Å². The third kappa shape index (κ3) is 2.92. The van der Waals surface area contributed by atoms with E-state index in [0.29, 0.717) is 22.7 Å². The van der Waals surface area contributed by atoms with Crippen LogP contribution in [0.5, 0.6) is 0 Å². The van der Waals surface area contributed by atoms with E-state index in [1.54, 1.807) is 12.3 Å². The molecule has 1 aromatic rings. The van der Waals surface area contributed by atoms with Gasteiger partial charge in [0.2, 0.25) is 0 Å². The molecule has 0 fully saturated rings. The third-order valence-electron chi connectivity index (χ3n) is 1.71. The molecule has 0 atom stereocenters. The van der Waals surface area contributed by atoms with Crippen LogP contribution in [0.25, 0.3) is 0 Å². The highest BCUT2D eigenvalue weighted by atomic mass is 32.1. The summed E-state index contributed by atoms with van der Waals surface area (Å²) in [4.78, 5) is 20.7. The van der Waals surface area contributed by atoms with Crippen molar-refractivity contribution in [2.24, 2.45) is 0 Å². The van der Waals surface area contributed by atoms with E-state index in [9.17, 15) is 4.79 Å². The Labute approximate surface area is 91.7 Å². The highest BCUT2D eigenvalue weighted by Crippen LogP contribution is 2.26.